The SMILES string of the molecule is Cc1ccc(C(C#N)N2CCN(C3CCCCC3)CC2)cc1. The summed E-state index contributed by atoms with van der Waals surface area (Å²) in [6.07, 6.45) is 6.96. The van der Waals surface area contributed by atoms with Gasteiger partial charge in [0.1, 0.15) is 6.04 Å². The summed E-state index contributed by atoms with van der Waals surface area (Å²) in [5, 5.41) is 9.61. The maximum Gasteiger partial charge on any atom is 0.123 e. The Morgan fingerprint density at radius 3 is 2.23 bits per heavy atom. The van der Waals surface area contributed by atoms with Crippen LogP contribution < -0.4 is 0 Å². The Morgan fingerprint density at radius 1 is 1.00 bits per heavy atom. The summed E-state index contributed by atoms with van der Waals surface area (Å²) in [6.45, 7) is 6.36. The third kappa shape index (κ3) is 3.51. The summed E-state index contributed by atoms with van der Waals surface area (Å²) < 4.78 is 0. The topological polar surface area (TPSA) is 30.3 Å². The van der Waals surface area contributed by atoms with Crippen molar-refractivity contribution in [1.29, 1.82) is 5.26 Å². The normalized spacial score (nSPS) is 23.1. The highest BCUT2D eigenvalue weighted by Crippen LogP contribution is 2.26. The molecule has 3 rings (SSSR count). The highest BCUT2D eigenvalue weighted by atomic mass is 15.3. The van der Waals surface area contributed by atoms with Gasteiger partial charge in [-0.2, -0.15) is 5.26 Å². The van der Waals surface area contributed by atoms with Crippen LogP contribution in [0.5, 0.6) is 0 Å². The van der Waals surface area contributed by atoms with Gasteiger partial charge in [0.2, 0.25) is 0 Å². The lowest BCUT2D eigenvalue weighted by molar-refractivity contribution is 0.0676. The van der Waals surface area contributed by atoms with Crippen LogP contribution in [-0.2, 0) is 0 Å². The van der Waals surface area contributed by atoms with E-state index in [4.69, 9.17) is 0 Å². The molecule has 22 heavy (non-hydrogen) atoms. The van der Waals surface area contributed by atoms with Gasteiger partial charge in [-0.3, -0.25) is 9.80 Å². The van der Waals surface area contributed by atoms with Gasteiger partial charge in [-0.1, -0.05) is 49.1 Å². The zero-order chi connectivity index (χ0) is 15.4. The molecular formula is C19H27N3. The van der Waals surface area contributed by atoms with Crippen LogP contribution in [0.4, 0.5) is 0 Å². The Hall–Kier alpha value is -1.37. The second-order valence-electron chi connectivity index (χ2n) is 6.81. The highest BCUT2D eigenvalue weighted by Gasteiger charge is 2.28. The van der Waals surface area contributed by atoms with E-state index in [2.05, 4.69) is 47.1 Å². The third-order valence-corrected chi connectivity index (χ3v) is 5.32. The van der Waals surface area contributed by atoms with Crippen LogP contribution in [0.25, 0.3) is 0 Å². The van der Waals surface area contributed by atoms with Crippen molar-refractivity contribution < 1.29 is 0 Å². The zero-order valence-corrected chi connectivity index (χ0v) is 13.7. The molecular weight excluding hydrogens is 270 g/mol. The molecule has 1 aromatic rings. The number of nitriles is 1. The van der Waals surface area contributed by atoms with Crippen LogP contribution in [0, 0.1) is 18.3 Å². The lowest BCUT2D eigenvalue weighted by atomic mass is 9.93. The number of hydrogen-bond acceptors (Lipinski definition) is 3. The monoisotopic (exact) mass is 297 g/mol. The zero-order valence-electron chi connectivity index (χ0n) is 13.7. The molecule has 0 aromatic heterocycles. The first-order valence-electron chi connectivity index (χ1n) is 8.72. The van der Waals surface area contributed by atoms with Crippen molar-refractivity contribution in [2.45, 2.75) is 51.1 Å². The first-order valence-corrected chi connectivity index (χ1v) is 8.72. The molecule has 0 radical (unpaired) electrons. The second kappa shape index (κ2) is 7.26. The molecule has 1 aromatic carbocycles. The fourth-order valence-corrected chi connectivity index (χ4v) is 3.92. The fourth-order valence-electron chi connectivity index (χ4n) is 3.92. The lowest BCUT2D eigenvalue weighted by Crippen LogP contribution is -2.51. The van der Waals surface area contributed by atoms with E-state index in [1.54, 1.807) is 0 Å². The van der Waals surface area contributed by atoms with Crippen LogP contribution in [0.2, 0.25) is 0 Å². The number of nitrogens with zero attached hydrogens (tertiary/aromatic N) is 3. The number of aryl methyl sites for hydroxylation is 1. The van der Waals surface area contributed by atoms with Crippen molar-refractivity contribution in [2.24, 2.45) is 0 Å². The summed E-state index contributed by atoms with van der Waals surface area (Å²) in [7, 11) is 0. The van der Waals surface area contributed by atoms with Crippen LogP contribution in [0.1, 0.15) is 49.3 Å². The molecule has 1 saturated heterocycles. The van der Waals surface area contributed by atoms with Crippen molar-refractivity contribution in [3.63, 3.8) is 0 Å². The smallest absolute Gasteiger partial charge is 0.123 e. The predicted molar refractivity (Wildman–Crippen MR) is 89.6 cm³/mol. The van der Waals surface area contributed by atoms with Gasteiger partial charge in [0.15, 0.2) is 0 Å². The Balaban J connectivity index is 1.59. The van der Waals surface area contributed by atoms with E-state index in [1.165, 1.54) is 37.7 Å². The number of benzene rings is 1. The van der Waals surface area contributed by atoms with Crippen molar-refractivity contribution in [3.05, 3.63) is 35.4 Å². The van der Waals surface area contributed by atoms with Crippen LogP contribution >= 0.6 is 0 Å². The van der Waals surface area contributed by atoms with E-state index < -0.39 is 0 Å². The molecule has 2 fully saturated rings. The molecule has 3 nitrogen and oxygen atoms in total. The van der Waals surface area contributed by atoms with Gasteiger partial charge in [0.05, 0.1) is 6.07 Å². The first-order chi connectivity index (χ1) is 10.8. The highest BCUT2D eigenvalue weighted by molar-refractivity contribution is 5.27. The summed E-state index contributed by atoms with van der Waals surface area (Å²) in [6, 6.07) is 11.7. The summed E-state index contributed by atoms with van der Waals surface area (Å²) in [4.78, 5) is 5.02. The van der Waals surface area contributed by atoms with Crippen molar-refractivity contribution in [1.82, 2.24) is 9.80 Å². The van der Waals surface area contributed by atoms with E-state index >= 15 is 0 Å². The molecule has 1 aliphatic carbocycles. The third-order valence-electron chi connectivity index (χ3n) is 5.32. The largest absolute Gasteiger partial charge is 0.298 e. The Morgan fingerprint density at radius 2 is 1.64 bits per heavy atom. The van der Waals surface area contributed by atoms with Gasteiger partial charge < -0.3 is 0 Å². The van der Waals surface area contributed by atoms with Gasteiger partial charge in [0.25, 0.3) is 0 Å². The standard InChI is InChI=1S/C19H27N3/c1-16-7-9-17(10-8-16)19(15-20)22-13-11-21(12-14-22)18-5-3-2-4-6-18/h7-10,18-19H,2-6,11-14H2,1H3. The van der Waals surface area contributed by atoms with Crippen molar-refractivity contribution in [3.8, 4) is 6.07 Å². The van der Waals surface area contributed by atoms with Gasteiger partial charge in [-0.15, -0.1) is 0 Å². The summed E-state index contributed by atoms with van der Waals surface area (Å²) in [5.74, 6) is 0. The summed E-state index contributed by atoms with van der Waals surface area (Å²) >= 11 is 0. The molecule has 118 valence electrons. The van der Waals surface area contributed by atoms with E-state index in [0.29, 0.717) is 0 Å². The Bertz CT molecular complexity index is 502. The lowest BCUT2D eigenvalue weighted by Gasteiger charge is -2.42. The molecule has 2 aliphatic rings. The Kier molecular flexibility index (Phi) is 5.12. The van der Waals surface area contributed by atoms with Gasteiger partial charge in [-0.25, -0.2) is 0 Å². The van der Waals surface area contributed by atoms with Crippen molar-refractivity contribution in [2.75, 3.05) is 26.2 Å². The average molecular weight is 297 g/mol. The molecule has 0 amide bonds. The molecule has 1 aliphatic heterocycles. The van der Waals surface area contributed by atoms with Crippen LogP contribution in [0.3, 0.4) is 0 Å². The van der Waals surface area contributed by atoms with Gasteiger partial charge in [-0.05, 0) is 25.3 Å². The quantitative estimate of drug-likeness (QED) is 0.855. The molecule has 1 heterocycles. The maximum atomic E-state index is 9.61. The molecule has 1 atom stereocenters. The van der Waals surface area contributed by atoms with Crippen molar-refractivity contribution >= 4 is 0 Å². The minimum absolute atomic E-state index is 0.0888. The predicted octanol–water partition coefficient (Wildman–Crippen LogP) is 3.51. The molecule has 0 spiro atoms. The van der Waals surface area contributed by atoms with Gasteiger partial charge >= 0.3 is 0 Å². The molecule has 0 bridgehead atoms. The van der Waals surface area contributed by atoms with Gasteiger partial charge in [0, 0.05) is 32.2 Å². The minimum Gasteiger partial charge on any atom is -0.298 e. The second-order valence-corrected chi connectivity index (χ2v) is 6.81. The van der Waals surface area contributed by atoms with E-state index in [-0.39, 0.29) is 6.04 Å². The first kappa shape index (κ1) is 15.5. The van der Waals surface area contributed by atoms with E-state index in [9.17, 15) is 5.26 Å². The Labute approximate surface area is 134 Å². The molecule has 1 saturated carbocycles. The molecule has 0 N–H and O–H groups in total. The summed E-state index contributed by atoms with van der Waals surface area (Å²) in [5.41, 5.74) is 2.39. The van der Waals surface area contributed by atoms with E-state index in [0.717, 1.165) is 37.8 Å². The van der Waals surface area contributed by atoms with Crippen LogP contribution in [-0.4, -0.2) is 42.0 Å². The van der Waals surface area contributed by atoms with E-state index in [1.807, 2.05) is 0 Å². The number of hydrogen-bond donors (Lipinski definition) is 0. The maximum absolute atomic E-state index is 9.61. The number of piperazine rings is 1. The minimum atomic E-state index is -0.0888. The fraction of sp³-hybridized carbons (Fsp3) is 0.632. The average Bonchev–Trinajstić information content (AvgIpc) is 2.59. The molecule has 3 heteroatoms. The number of rotatable bonds is 3. The molecule has 1 unspecified atom stereocenters. The van der Waals surface area contributed by atoms with Crippen LogP contribution in [0.15, 0.2) is 24.3 Å².